The standard InChI is InChI=1S/C23H23P.BrH/c1-3-13-20(14-4-1)24(21-15-5-2-6-16-21)23-18-10-9-17-22(23)19-11-7-8-12-19;/h1-6,9-10,13-19H,7-8,11-12H2;1H. The van der Waals surface area contributed by atoms with Crippen molar-refractivity contribution in [3.05, 3.63) is 90.5 Å². The third-order valence-corrected chi connectivity index (χ3v) is 7.52. The first-order valence-corrected chi connectivity index (χ1v) is 10.3. The maximum Gasteiger partial charge on any atom is -0.0116 e. The highest BCUT2D eigenvalue weighted by Crippen LogP contribution is 2.40. The molecule has 1 saturated carbocycles. The van der Waals surface area contributed by atoms with Crippen molar-refractivity contribution in [2.75, 3.05) is 0 Å². The van der Waals surface area contributed by atoms with E-state index in [1.807, 2.05) is 0 Å². The van der Waals surface area contributed by atoms with E-state index in [9.17, 15) is 0 Å². The van der Waals surface area contributed by atoms with Crippen LogP contribution in [-0.4, -0.2) is 0 Å². The summed E-state index contributed by atoms with van der Waals surface area (Å²) in [5.74, 6) is 0.749. The molecule has 3 aromatic carbocycles. The summed E-state index contributed by atoms with van der Waals surface area (Å²) in [6, 6.07) is 31.3. The molecule has 0 heterocycles. The van der Waals surface area contributed by atoms with Crippen LogP contribution in [0.25, 0.3) is 0 Å². The molecule has 0 unspecified atom stereocenters. The quantitative estimate of drug-likeness (QED) is 0.485. The van der Waals surface area contributed by atoms with Gasteiger partial charge in [-0.05, 0) is 48.2 Å². The Morgan fingerprint density at radius 2 is 1.08 bits per heavy atom. The minimum absolute atomic E-state index is 0. The lowest BCUT2D eigenvalue weighted by Gasteiger charge is -2.24. The molecule has 3 aromatic rings. The average Bonchev–Trinajstić information content (AvgIpc) is 3.19. The summed E-state index contributed by atoms with van der Waals surface area (Å²) in [6.45, 7) is 0. The van der Waals surface area contributed by atoms with Gasteiger partial charge in [-0.2, -0.15) is 0 Å². The van der Waals surface area contributed by atoms with E-state index in [1.165, 1.54) is 36.3 Å². The van der Waals surface area contributed by atoms with Crippen LogP contribution in [-0.2, 0) is 0 Å². The molecule has 0 bridgehead atoms. The van der Waals surface area contributed by atoms with Gasteiger partial charge in [0.1, 0.15) is 0 Å². The Morgan fingerprint density at radius 3 is 1.64 bits per heavy atom. The Balaban J connectivity index is 0.00000182. The molecule has 0 radical (unpaired) electrons. The maximum absolute atomic E-state index is 2.38. The minimum Gasteiger partial charge on any atom is -0.114 e. The Labute approximate surface area is 162 Å². The summed E-state index contributed by atoms with van der Waals surface area (Å²) in [5, 5.41) is 4.45. The van der Waals surface area contributed by atoms with Crippen molar-refractivity contribution in [2.45, 2.75) is 31.6 Å². The molecule has 2 heteroatoms. The molecule has 4 rings (SSSR count). The summed E-state index contributed by atoms with van der Waals surface area (Å²) in [6.07, 6.45) is 5.47. The second-order valence-electron chi connectivity index (χ2n) is 6.55. The molecule has 0 atom stereocenters. The fourth-order valence-corrected chi connectivity index (χ4v) is 6.40. The Hall–Kier alpha value is -1.43. The zero-order valence-corrected chi connectivity index (χ0v) is 17.0. The molecule has 1 fully saturated rings. The van der Waals surface area contributed by atoms with Crippen LogP contribution in [0.15, 0.2) is 84.9 Å². The van der Waals surface area contributed by atoms with E-state index >= 15 is 0 Å². The van der Waals surface area contributed by atoms with Crippen molar-refractivity contribution >= 4 is 40.8 Å². The summed E-state index contributed by atoms with van der Waals surface area (Å²) >= 11 is 0. The van der Waals surface area contributed by atoms with E-state index < -0.39 is 7.92 Å². The lowest BCUT2D eigenvalue weighted by Crippen LogP contribution is -2.24. The molecule has 0 saturated heterocycles. The second kappa shape index (κ2) is 8.79. The van der Waals surface area contributed by atoms with Crippen molar-refractivity contribution in [2.24, 2.45) is 0 Å². The third kappa shape index (κ3) is 4.05. The van der Waals surface area contributed by atoms with E-state index in [0.717, 1.165) is 5.92 Å². The van der Waals surface area contributed by atoms with E-state index in [0.29, 0.717) is 0 Å². The third-order valence-electron chi connectivity index (χ3n) is 5.00. The van der Waals surface area contributed by atoms with Gasteiger partial charge in [0.2, 0.25) is 0 Å². The number of hydrogen-bond donors (Lipinski definition) is 0. The summed E-state index contributed by atoms with van der Waals surface area (Å²) in [7, 11) is -0.483. The topological polar surface area (TPSA) is 0 Å². The van der Waals surface area contributed by atoms with Crippen LogP contribution in [0.2, 0.25) is 0 Å². The first-order chi connectivity index (χ1) is 11.9. The minimum atomic E-state index is -0.483. The maximum atomic E-state index is 2.38. The van der Waals surface area contributed by atoms with E-state index in [4.69, 9.17) is 0 Å². The van der Waals surface area contributed by atoms with Crippen LogP contribution in [0.3, 0.4) is 0 Å². The average molecular weight is 411 g/mol. The van der Waals surface area contributed by atoms with Crippen LogP contribution in [0.5, 0.6) is 0 Å². The molecular weight excluding hydrogens is 387 g/mol. The highest BCUT2D eigenvalue weighted by Gasteiger charge is 2.24. The van der Waals surface area contributed by atoms with Gasteiger partial charge in [0.05, 0.1) is 0 Å². The molecular formula is C23H24BrP. The number of rotatable bonds is 4. The SMILES string of the molecule is Br.c1ccc(P(c2ccccc2)c2ccccc2C2CCCC2)cc1. The molecule has 1 aliphatic rings. The molecule has 25 heavy (non-hydrogen) atoms. The van der Waals surface area contributed by atoms with Crippen LogP contribution >= 0.6 is 24.9 Å². The molecule has 128 valence electrons. The van der Waals surface area contributed by atoms with Crippen LogP contribution in [0.4, 0.5) is 0 Å². The van der Waals surface area contributed by atoms with Gasteiger partial charge in [0.25, 0.3) is 0 Å². The van der Waals surface area contributed by atoms with Gasteiger partial charge in [0.15, 0.2) is 0 Å². The first-order valence-electron chi connectivity index (χ1n) is 8.92. The van der Waals surface area contributed by atoms with Crippen LogP contribution in [0.1, 0.15) is 37.2 Å². The van der Waals surface area contributed by atoms with Gasteiger partial charge >= 0.3 is 0 Å². The van der Waals surface area contributed by atoms with Crippen LogP contribution in [0, 0.1) is 0 Å². The zero-order valence-electron chi connectivity index (χ0n) is 14.3. The summed E-state index contributed by atoms with van der Waals surface area (Å²) < 4.78 is 0. The molecule has 0 nitrogen and oxygen atoms in total. The normalized spacial score (nSPS) is 14.4. The lowest BCUT2D eigenvalue weighted by atomic mass is 9.98. The largest absolute Gasteiger partial charge is 0.114 e. The Kier molecular flexibility index (Phi) is 6.45. The number of benzene rings is 3. The van der Waals surface area contributed by atoms with E-state index in [-0.39, 0.29) is 17.0 Å². The van der Waals surface area contributed by atoms with Crippen LogP contribution < -0.4 is 15.9 Å². The zero-order chi connectivity index (χ0) is 16.2. The summed E-state index contributed by atoms with van der Waals surface area (Å²) in [5.41, 5.74) is 1.59. The molecule has 0 amide bonds. The Bertz CT molecular complexity index is 740. The fourth-order valence-electron chi connectivity index (χ4n) is 3.85. The van der Waals surface area contributed by atoms with Crippen molar-refractivity contribution in [3.63, 3.8) is 0 Å². The molecule has 0 spiro atoms. The Morgan fingerprint density at radius 1 is 0.600 bits per heavy atom. The van der Waals surface area contributed by atoms with E-state index in [2.05, 4.69) is 84.9 Å². The predicted octanol–water partition coefficient (Wildman–Crippen LogP) is 5.68. The van der Waals surface area contributed by atoms with Gasteiger partial charge in [-0.15, -0.1) is 17.0 Å². The number of hydrogen-bond acceptors (Lipinski definition) is 0. The molecule has 0 aromatic heterocycles. The van der Waals surface area contributed by atoms with Gasteiger partial charge in [0, 0.05) is 0 Å². The molecule has 0 N–H and O–H groups in total. The summed E-state index contributed by atoms with van der Waals surface area (Å²) in [4.78, 5) is 0. The monoisotopic (exact) mass is 410 g/mol. The smallest absolute Gasteiger partial charge is 0.0116 e. The fraction of sp³-hybridized carbons (Fsp3) is 0.217. The molecule has 0 aliphatic heterocycles. The highest BCUT2D eigenvalue weighted by atomic mass is 79.9. The van der Waals surface area contributed by atoms with Crippen molar-refractivity contribution in [3.8, 4) is 0 Å². The van der Waals surface area contributed by atoms with Crippen molar-refractivity contribution in [1.29, 1.82) is 0 Å². The van der Waals surface area contributed by atoms with Gasteiger partial charge in [-0.1, -0.05) is 97.8 Å². The van der Waals surface area contributed by atoms with Crippen molar-refractivity contribution in [1.82, 2.24) is 0 Å². The first kappa shape index (κ1) is 18.4. The lowest BCUT2D eigenvalue weighted by molar-refractivity contribution is 0.728. The van der Waals surface area contributed by atoms with E-state index in [1.54, 1.807) is 10.9 Å². The van der Waals surface area contributed by atoms with Gasteiger partial charge in [-0.25, -0.2) is 0 Å². The van der Waals surface area contributed by atoms with Gasteiger partial charge < -0.3 is 0 Å². The second-order valence-corrected chi connectivity index (χ2v) is 8.73. The number of halogens is 1. The molecule has 1 aliphatic carbocycles. The predicted molar refractivity (Wildman–Crippen MR) is 117 cm³/mol. The van der Waals surface area contributed by atoms with Gasteiger partial charge in [-0.3, -0.25) is 0 Å². The van der Waals surface area contributed by atoms with Crippen molar-refractivity contribution < 1.29 is 0 Å². The highest BCUT2D eigenvalue weighted by molar-refractivity contribution is 8.93.